The first kappa shape index (κ1) is 8.33. The van der Waals surface area contributed by atoms with Gasteiger partial charge in [-0.2, -0.15) is 0 Å². The van der Waals surface area contributed by atoms with Crippen LogP contribution in [0, 0.1) is 0 Å². The molecule has 4 nitrogen and oxygen atoms in total. The van der Waals surface area contributed by atoms with Gasteiger partial charge in [-0.05, 0) is 6.92 Å². The lowest BCUT2D eigenvalue weighted by atomic mass is 10.3. The molecule has 0 saturated heterocycles. The van der Waals surface area contributed by atoms with Gasteiger partial charge in [0.2, 0.25) is 0 Å². The predicted molar refractivity (Wildman–Crippen MR) is 44.5 cm³/mol. The number of methoxy groups -OCH3 is 1. The van der Waals surface area contributed by atoms with Crippen molar-refractivity contribution in [1.82, 2.24) is 4.90 Å². The second-order valence-corrected chi connectivity index (χ2v) is 2.73. The number of nitrogens with zero attached hydrogens (tertiary/aromatic N) is 2. The Bertz CT molecular complexity index is 158. The average molecular weight is 157 g/mol. The fraction of sp³-hybridized carbons (Fsp3) is 0.857. The Morgan fingerprint density at radius 2 is 2.55 bits per heavy atom. The van der Waals surface area contributed by atoms with Gasteiger partial charge in [-0.3, -0.25) is 4.99 Å². The van der Waals surface area contributed by atoms with Crippen molar-refractivity contribution < 1.29 is 4.74 Å². The van der Waals surface area contributed by atoms with Crippen LogP contribution in [-0.2, 0) is 4.74 Å². The topological polar surface area (TPSA) is 50.9 Å². The van der Waals surface area contributed by atoms with Gasteiger partial charge in [-0.25, -0.2) is 0 Å². The van der Waals surface area contributed by atoms with E-state index in [-0.39, 0.29) is 0 Å². The highest BCUT2D eigenvalue weighted by molar-refractivity contribution is 5.80. The van der Waals surface area contributed by atoms with Crippen molar-refractivity contribution in [3.8, 4) is 0 Å². The summed E-state index contributed by atoms with van der Waals surface area (Å²) in [5.41, 5.74) is 5.63. The van der Waals surface area contributed by atoms with Crippen LogP contribution in [0.5, 0.6) is 0 Å². The summed E-state index contributed by atoms with van der Waals surface area (Å²) in [4.78, 5) is 6.18. The lowest BCUT2D eigenvalue weighted by Crippen LogP contribution is -2.41. The third-order valence-corrected chi connectivity index (χ3v) is 1.88. The number of rotatable bonds is 3. The molecule has 0 aliphatic carbocycles. The molecule has 0 amide bonds. The first-order valence-corrected chi connectivity index (χ1v) is 3.81. The van der Waals surface area contributed by atoms with Crippen molar-refractivity contribution in [1.29, 1.82) is 0 Å². The van der Waals surface area contributed by atoms with E-state index in [4.69, 9.17) is 10.5 Å². The molecule has 0 aromatic rings. The van der Waals surface area contributed by atoms with Crippen LogP contribution < -0.4 is 5.73 Å². The van der Waals surface area contributed by atoms with Gasteiger partial charge in [-0.1, -0.05) is 0 Å². The number of nitrogens with two attached hydrogens (primary N) is 1. The van der Waals surface area contributed by atoms with E-state index >= 15 is 0 Å². The largest absolute Gasteiger partial charge is 0.383 e. The van der Waals surface area contributed by atoms with Gasteiger partial charge in [-0.15, -0.1) is 0 Å². The number of guanidine groups is 1. The minimum absolute atomic E-state index is 0.435. The Balaban J connectivity index is 2.36. The Morgan fingerprint density at radius 1 is 1.82 bits per heavy atom. The van der Waals surface area contributed by atoms with E-state index in [0.717, 1.165) is 13.1 Å². The van der Waals surface area contributed by atoms with Crippen molar-refractivity contribution in [2.75, 3.05) is 26.8 Å². The minimum Gasteiger partial charge on any atom is -0.383 e. The first-order valence-electron chi connectivity index (χ1n) is 3.81. The molecule has 1 atom stereocenters. The summed E-state index contributed by atoms with van der Waals surface area (Å²) in [7, 11) is 1.69. The van der Waals surface area contributed by atoms with E-state index in [1.54, 1.807) is 7.11 Å². The van der Waals surface area contributed by atoms with Gasteiger partial charge in [0, 0.05) is 19.7 Å². The standard InChI is InChI=1S/C7H15N3O/c1-6-5-9-7(8)10(6)3-4-11-2/h6H,3-5H2,1-2H3,(H2,8,9). The fourth-order valence-electron chi connectivity index (χ4n) is 1.17. The van der Waals surface area contributed by atoms with E-state index in [1.165, 1.54) is 0 Å². The summed E-state index contributed by atoms with van der Waals surface area (Å²) in [5.74, 6) is 0.648. The molecule has 0 aromatic heterocycles. The molecule has 0 fully saturated rings. The molecular formula is C7H15N3O. The van der Waals surface area contributed by atoms with Crippen LogP contribution in [0.1, 0.15) is 6.92 Å². The normalized spacial score (nSPS) is 24.0. The Morgan fingerprint density at radius 3 is 3.00 bits per heavy atom. The minimum atomic E-state index is 0.435. The third kappa shape index (κ3) is 1.83. The Hall–Kier alpha value is -0.770. The molecular weight excluding hydrogens is 142 g/mol. The maximum Gasteiger partial charge on any atom is 0.191 e. The van der Waals surface area contributed by atoms with Crippen LogP contribution in [0.15, 0.2) is 4.99 Å². The van der Waals surface area contributed by atoms with Gasteiger partial charge >= 0.3 is 0 Å². The molecule has 0 bridgehead atoms. The summed E-state index contributed by atoms with van der Waals surface area (Å²) in [6, 6.07) is 0.435. The number of hydrogen-bond donors (Lipinski definition) is 1. The summed E-state index contributed by atoms with van der Waals surface area (Å²) >= 11 is 0. The van der Waals surface area contributed by atoms with Gasteiger partial charge in [0.05, 0.1) is 13.2 Å². The van der Waals surface area contributed by atoms with Crippen molar-refractivity contribution in [3.05, 3.63) is 0 Å². The van der Waals surface area contributed by atoms with Gasteiger partial charge in [0.25, 0.3) is 0 Å². The third-order valence-electron chi connectivity index (χ3n) is 1.88. The first-order chi connectivity index (χ1) is 5.25. The molecule has 1 aliphatic heterocycles. The highest BCUT2D eigenvalue weighted by Crippen LogP contribution is 2.05. The average Bonchev–Trinajstić information content (AvgIpc) is 2.29. The van der Waals surface area contributed by atoms with Crippen molar-refractivity contribution in [3.63, 3.8) is 0 Å². The summed E-state index contributed by atoms with van der Waals surface area (Å²) < 4.78 is 4.95. The highest BCUT2D eigenvalue weighted by atomic mass is 16.5. The molecule has 2 N–H and O–H groups in total. The molecule has 0 spiro atoms. The molecule has 0 aromatic carbocycles. The number of aliphatic imine (C=N–C) groups is 1. The van der Waals surface area contributed by atoms with E-state index in [9.17, 15) is 0 Å². The second kappa shape index (κ2) is 3.57. The van der Waals surface area contributed by atoms with Crippen LogP contribution >= 0.6 is 0 Å². The lowest BCUT2D eigenvalue weighted by Gasteiger charge is -2.22. The smallest absolute Gasteiger partial charge is 0.191 e. The van der Waals surface area contributed by atoms with Gasteiger partial charge in [0.15, 0.2) is 5.96 Å². The fourth-order valence-corrected chi connectivity index (χ4v) is 1.17. The van der Waals surface area contributed by atoms with Crippen LogP contribution in [0.2, 0.25) is 0 Å². The van der Waals surface area contributed by atoms with Crippen molar-refractivity contribution in [2.24, 2.45) is 10.7 Å². The highest BCUT2D eigenvalue weighted by Gasteiger charge is 2.20. The van der Waals surface area contributed by atoms with Gasteiger partial charge < -0.3 is 15.4 Å². The molecule has 0 saturated carbocycles. The Labute approximate surface area is 67.0 Å². The van der Waals surface area contributed by atoms with Crippen LogP contribution in [-0.4, -0.2) is 43.7 Å². The SMILES string of the molecule is COCCN1C(N)=NCC1C. The molecule has 1 heterocycles. The molecule has 1 unspecified atom stereocenters. The summed E-state index contributed by atoms with van der Waals surface area (Å²) in [5, 5.41) is 0. The Kier molecular flexibility index (Phi) is 2.70. The van der Waals surface area contributed by atoms with E-state index in [2.05, 4.69) is 16.8 Å². The quantitative estimate of drug-likeness (QED) is 0.609. The number of hydrogen-bond acceptors (Lipinski definition) is 4. The zero-order valence-corrected chi connectivity index (χ0v) is 7.08. The van der Waals surface area contributed by atoms with Crippen LogP contribution in [0.3, 0.4) is 0 Å². The lowest BCUT2D eigenvalue weighted by molar-refractivity contribution is 0.169. The zero-order chi connectivity index (χ0) is 8.27. The molecule has 64 valence electrons. The maximum absolute atomic E-state index is 5.63. The monoisotopic (exact) mass is 157 g/mol. The number of ether oxygens (including phenoxy) is 1. The summed E-state index contributed by atoms with van der Waals surface area (Å²) in [6.45, 7) is 4.47. The van der Waals surface area contributed by atoms with E-state index < -0.39 is 0 Å². The molecule has 0 radical (unpaired) electrons. The molecule has 1 rings (SSSR count). The van der Waals surface area contributed by atoms with E-state index in [0.29, 0.717) is 18.6 Å². The molecule has 1 aliphatic rings. The second-order valence-electron chi connectivity index (χ2n) is 2.73. The van der Waals surface area contributed by atoms with Crippen molar-refractivity contribution >= 4 is 5.96 Å². The van der Waals surface area contributed by atoms with Crippen molar-refractivity contribution in [2.45, 2.75) is 13.0 Å². The van der Waals surface area contributed by atoms with Gasteiger partial charge in [0.1, 0.15) is 0 Å². The van der Waals surface area contributed by atoms with Crippen LogP contribution in [0.4, 0.5) is 0 Å². The molecule has 4 heteroatoms. The summed E-state index contributed by atoms with van der Waals surface area (Å²) in [6.07, 6.45) is 0. The predicted octanol–water partition coefficient (Wildman–Crippen LogP) is -0.348. The van der Waals surface area contributed by atoms with E-state index in [1.807, 2.05) is 0 Å². The van der Waals surface area contributed by atoms with Crippen LogP contribution in [0.25, 0.3) is 0 Å². The zero-order valence-electron chi connectivity index (χ0n) is 7.08. The maximum atomic E-state index is 5.63. The molecule has 11 heavy (non-hydrogen) atoms.